The zero-order chi connectivity index (χ0) is 10.7. The largest absolute Gasteiger partial charge is 0.468 e. The summed E-state index contributed by atoms with van der Waals surface area (Å²) >= 11 is 3.55. The SMILES string of the molecule is CNC1CCCCC(c2occc2Br)C1. The quantitative estimate of drug-likeness (QED) is 0.831. The lowest BCUT2D eigenvalue weighted by molar-refractivity contribution is 0.402. The molecule has 0 spiro atoms. The molecule has 0 bridgehead atoms. The molecular weight excluding hydrogens is 254 g/mol. The van der Waals surface area contributed by atoms with Crippen LogP contribution in [0.1, 0.15) is 43.8 Å². The lowest BCUT2D eigenvalue weighted by atomic mass is 9.95. The molecule has 3 heteroatoms. The number of rotatable bonds is 2. The van der Waals surface area contributed by atoms with Gasteiger partial charge in [0.25, 0.3) is 0 Å². The van der Waals surface area contributed by atoms with E-state index in [1.807, 2.05) is 6.07 Å². The predicted molar refractivity (Wildman–Crippen MR) is 65.1 cm³/mol. The number of hydrogen-bond acceptors (Lipinski definition) is 2. The third-order valence-corrected chi connectivity index (χ3v) is 4.00. The molecule has 1 fully saturated rings. The molecule has 84 valence electrons. The molecule has 2 nitrogen and oxygen atoms in total. The zero-order valence-corrected chi connectivity index (χ0v) is 10.7. The van der Waals surface area contributed by atoms with Crippen LogP contribution in [0.4, 0.5) is 0 Å². The Morgan fingerprint density at radius 2 is 2.20 bits per heavy atom. The summed E-state index contributed by atoms with van der Waals surface area (Å²) in [5.74, 6) is 1.71. The van der Waals surface area contributed by atoms with Gasteiger partial charge in [0.1, 0.15) is 5.76 Å². The topological polar surface area (TPSA) is 25.2 Å². The van der Waals surface area contributed by atoms with Crippen LogP contribution in [0.2, 0.25) is 0 Å². The van der Waals surface area contributed by atoms with E-state index < -0.39 is 0 Å². The van der Waals surface area contributed by atoms with Gasteiger partial charge >= 0.3 is 0 Å². The molecule has 2 atom stereocenters. The van der Waals surface area contributed by atoms with Crippen LogP contribution in [-0.2, 0) is 0 Å². The average Bonchev–Trinajstić information content (AvgIpc) is 2.54. The summed E-state index contributed by atoms with van der Waals surface area (Å²) in [6.45, 7) is 0. The minimum Gasteiger partial charge on any atom is -0.468 e. The Balaban J connectivity index is 2.10. The maximum absolute atomic E-state index is 5.58. The summed E-state index contributed by atoms with van der Waals surface area (Å²) in [5.41, 5.74) is 0. The lowest BCUT2D eigenvalue weighted by Crippen LogP contribution is -2.25. The molecule has 15 heavy (non-hydrogen) atoms. The first kappa shape index (κ1) is 11.2. The van der Waals surface area contributed by atoms with Gasteiger partial charge in [0, 0.05) is 12.0 Å². The number of nitrogens with one attached hydrogen (secondary N) is 1. The van der Waals surface area contributed by atoms with Crippen molar-refractivity contribution < 1.29 is 4.42 Å². The highest BCUT2D eigenvalue weighted by molar-refractivity contribution is 9.10. The van der Waals surface area contributed by atoms with Crippen molar-refractivity contribution in [3.05, 3.63) is 22.6 Å². The van der Waals surface area contributed by atoms with Crippen molar-refractivity contribution >= 4 is 15.9 Å². The number of halogens is 1. The summed E-state index contributed by atoms with van der Waals surface area (Å²) in [4.78, 5) is 0. The van der Waals surface area contributed by atoms with Crippen LogP contribution >= 0.6 is 15.9 Å². The summed E-state index contributed by atoms with van der Waals surface area (Å²) < 4.78 is 6.71. The molecule has 1 aliphatic carbocycles. The predicted octanol–water partition coefficient (Wildman–Crippen LogP) is 3.68. The fourth-order valence-corrected chi connectivity index (χ4v) is 2.98. The smallest absolute Gasteiger partial charge is 0.121 e. The Bertz CT molecular complexity index is 310. The molecule has 1 saturated carbocycles. The minimum atomic E-state index is 0.578. The molecule has 0 radical (unpaired) electrons. The van der Waals surface area contributed by atoms with E-state index >= 15 is 0 Å². The van der Waals surface area contributed by atoms with Crippen molar-refractivity contribution in [2.75, 3.05) is 7.05 Å². The monoisotopic (exact) mass is 271 g/mol. The van der Waals surface area contributed by atoms with E-state index in [0.29, 0.717) is 12.0 Å². The van der Waals surface area contributed by atoms with E-state index in [4.69, 9.17) is 4.42 Å². The summed E-state index contributed by atoms with van der Waals surface area (Å²) in [7, 11) is 2.06. The zero-order valence-electron chi connectivity index (χ0n) is 9.13. The van der Waals surface area contributed by atoms with E-state index in [0.717, 1.165) is 10.2 Å². The Labute approximate surface area is 99.6 Å². The van der Waals surface area contributed by atoms with E-state index in [1.54, 1.807) is 6.26 Å². The van der Waals surface area contributed by atoms with Crippen LogP contribution in [0.5, 0.6) is 0 Å². The number of furan rings is 1. The third-order valence-electron chi connectivity index (χ3n) is 3.35. The van der Waals surface area contributed by atoms with Crippen LogP contribution in [0, 0.1) is 0 Å². The molecule has 0 amide bonds. The Morgan fingerprint density at radius 1 is 1.40 bits per heavy atom. The maximum atomic E-state index is 5.58. The second-order valence-corrected chi connectivity index (χ2v) is 5.19. The van der Waals surface area contributed by atoms with Crippen molar-refractivity contribution in [2.45, 2.75) is 44.1 Å². The highest BCUT2D eigenvalue weighted by Crippen LogP contribution is 2.35. The van der Waals surface area contributed by atoms with Gasteiger partial charge in [-0.05, 0) is 48.3 Å². The van der Waals surface area contributed by atoms with Gasteiger partial charge < -0.3 is 9.73 Å². The van der Waals surface area contributed by atoms with Gasteiger partial charge in [0.15, 0.2) is 0 Å². The fraction of sp³-hybridized carbons (Fsp3) is 0.667. The minimum absolute atomic E-state index is 0.578. The van der Waals surface area contributed by atoms with E-state index in [9.17, 15) is 0 Å². The highest BCUT2D eigenvalue weighted by atomic mass is 79.9. The van der Waals surface area contributed by atoms with Gasteiger partial charge in [-0.2, -0.15) is 0 Å². The van der Waals surface area contributed by atoms with E-state index in [-0.39, 0.29) is 0 Å². The molecule has 1 N–H and O–H groups in total. The Hall–Kier alpha value is -0.280. The first-order valence-corrected chi connectivity index (χ1v) is 6.50. The first-order chi connectivity index (χ1) is 7.31. The van der Waals surface area contributed by atoms with Crippen LogP contribution in [-0.4, -0.2) is 13.1 Å². The maximum Gasteiger partial charge on any atom is 0.121 e. The van der Waals surface area contributed by atoms with Gasteiger partial charge in [0.05, 0.1) is 10.7 Å². The van der Waals surface area contributed by atoms with Crippen molar-refractivity contribution in [1.82, 2.24) is 5.32 Å². The first-order valence-electron chi connectivity index (χ1n) is 5.71. The molecule has 1 aromatic heterocycles. The van der Waals surface area contributed by atoms with Gasteiger partial charge in [-0.15, -0.1) is 0 Å². The van der Waals surface area contributed by atoms with Gasteiger partial charge in [-0.25, -0.2) is 0 Å². The highest BCUT2D eigenvalue weighted by Gasteiger charge is 2.24. The molecule has 0 aromatic carbocycles. The van der Waals surface area contributed by atoms with Crippen LogP contribution in [0.25, 0.3) is 0 Å². The second kappa shape index (κ2) is 5.17. The van der Waals surface area contributed by atoms with E-state index in [1.165, 1.54) is 32.1 Å². The van der Waals surface area contributed by atoms with Gasteiger partial charge in [-0.3, -0.25) is 0 Å². The van der Waals surface area contributed by atoms with Gasteiger partial charge in [-0.1, -0.05) is 12.8 Å². The molecule has 2 unspecified atom stereocenters. The van der Waals surface area contributed by atoms with Crippen LogP contribution < -0.4 is 5.32 Å². The second-order valence-electron chi connectivity index (χ2n) is 4.34. The molecule has 0 saturated heterocycles. The molecule has 1 aliphatic rings. The summed E-state index contributed by atoms with van der Waals surface area (Å²) in [5, 5.41) is 3.40. The molecule has 1 heterocycles. The number of hydrogen-bond donors (Lipinski definition) is 1. The average molecular weight is 272 g/mol. The summed E-state index contributed by atoms with van der Waals surface area (Å²) in [6.07, 6.45) is 8.17. The Kier molecular flexibility index (Phi) is 3.87. The third kappa shape index (κ3) is 2.64. The van der Waals surface area contributed by atoms with Crippen molar-refractivity contribution in [2.24, 2.45) is 0 Å². The van der Waals surface area contributed by atoms with Gasteiger partial charge in [0.2, 0.25) is 0 Å². The molecule has 1 aromatic rings. The molecule has 2 rings (SSSR count). The van der Waals surface area contributed by atoms with E-state index in [2.05, 4.69) is 28.3 Å². The molecule has 0 aliphatic heterocycles. The van der Waals surface area contributed by atoms with Crippen molar-refractivity contribution in [3.8, 4) is 0 Å². The van der Waals surface area contributed by atoms with Crippen LogP contribution in [0.15, 0.2) is 21.2 Å². The Morgan fingerprint density at radius 3 is 2.87 bits per heavy atom. The normalized spacial score (nSPS) is 27.6. The summed E-state index contributed by atoms with van der Waals surface area (Å²) in [6, 6.07) is 2.64. The van der Waals surface area contributed by atoms with Crippen molar-refractivity contribution in [1.29, 1.82) is 0 Å². The van der Waals surface area contributed by atoms with Crippen LogP contribution in [0.3, 0.4) is 0 Å². The molecular formula is C12H18BrNO. The lowest BCUT2D eigenvalue weighted by Gasteiger charge is -2.18. The fourth-order valence-electron chi connectivity index (χ4n) is 2.46. The van der Waals surface area contributed by atoms with Crippen molar-refractivity contribution in [3.63, 3.8) is 0 Å². The standard InChI is InChI=1S/C12H18BrNO/c1-14-10-5-3-2-4-9(8-10)12-11(13)6-7-15-12/h6-7,9-10,14H,2-5,8H2,1H3.